The van der Waals surface area contributed by atoms with Crippen LogP contribution in [-0.4, -0.2) is 11.6 Å². The van der Waals surface area contributed by atoms with Crippen LogP contribution in [0.1, 0.15) is 46.5 Å². The third kappa shape index (κ3) is 2.66. The molecule has 0 heterocycles. The molecule has 0 aromatic rings. The van der Waals surface area contributed by atoms with Gasteiger partial charge in [0, 0.05) is 18.3 Å². The number of rotatable bonds is 3. The summed E-state index contributed by atoms with van der Waals surface area (Å²) >= 11 is 0. The first-order valence-corrected chi connectivity index (χ1v) is 5.55. The van der Waals surface area contributed by atoms with Crippen LogP contribution in [-0.2, 0) is 9.59 Å². The third-order valence-electron chi connectivity index (χ3n) is 3.52. The Balaban J connectivity index is 2.47. The predicted molar refractivity (Wildman–Crippen MR) is 56.0 cm³/mol. The zero-order chi connectivity index (χ0) is 10.7. The summed E-state index contributed by atoms with van der Waals surface area (Å²) in [6.45, 7) is 5.76. The highest BCUT2D eigenvalue weighted by Gasteiger charge is 2.32. The van der Waals surface area contributed by atoms with Crippen molar-refractivity contribution in [2.24, 2.45) is 17.8 Å². The van der Waals surface area contributed by atoms with Gasteiger partial charge in [-0.1, -0.05) is 13.8 Å². The van der Waals surface area contributed by atoms with Gasteiger partial charge in [0.2, 0.25) is 0 Å². The topological polar surface area (TPSA) is 34.1 Å². The first-order valence-electron chi connectivity index (χ1n) is 5.55. The van der Waals surface area contributed by atoms with Gasteiger partial charge < -0.3 is 4.79 Å². The van der Waals surface area contributed by atoms with E-state index in [0.717, 1.165) is 19.3 Å². The molecule has 0 saturated heterocycles. The van der Waals surface area contributed by atoms with Crippen molar-refractivity contribution in [3.8, 4) is 0 Å². The molecule has 1 aliphatic rings. The summed E-state index contributed by atoms with van der Waals surface area (Å²) in [7, 11) is 0. The SMILES string of the molecule is CC(=O)CCC1CC[C@@H](C)C(C)C1=O. The molecule has 0 aromatic carbocycles. The third-order valence-corrected chi connectivity index (χ3v) is 3.52. The van der Waals surface area contributed by atoms with E-state index in [-0.39, 0.29) is 17.6 Å². The molecule has 0 N–H and O–H groups in total. The molecular weight excluding hydrogens is 176 g/mol. The zero-order valence-corrected chi connectivity index (χ0v) is 9.38. The Labute approximate surface area is 86.1 Å². The summed E-state index contributed by atoms with van der Waals surface area (Å²) in [5.74, 6) is 1.45. The number of carbonyl (C=O) groups excluding carboxylic acids is 2. The van der Waals surface area contributed by atoms with Crippen molar-refractivity contribution in [3.63, 3.8) is 0 Å². The fourth-order valence-corrected chi connectivity index (χ4v) is 2.17. The monoisotopic (exact) mass is 196 g/mol. The van der Waals surface area contributed by atoms with Crippen molar-refractivity contribution in [2.45, 2.75) is 46.5 Å². The van der Waals surface area contributed by atoms with Gasteiger partial charge in [0.05, 0.1) is 0 Å². The number of ketones is 2. The van der Waals surface area contributed by atoms with E-state index in [2.05, 4.69) is 6.92 Å². The highest BCUT2D eigenvalue weighted by molar-refractivity contribution is 5.85. The van der Waals surface area contributed by atoms with Crippen molar-refractivity contribution in [2.75, 3.05) is 0 Å². The Morgan fingerprint density at radius 2 is 2.00 bits per heavy atom. The average molecular weight is 196 g/mol. The fourth-order valence-electron chi connectivity index (χ4n) is 2.17. The summed E-state index contributed by atoms with van der Waals surface area (Å²) in [5, 5.41) is 0. The van der Waals surface area contributed by atoms with Gasteiger partial charge in [-0.05, 0) is 32.1 Å². The summed E-state index contributed by atoms with van der Waals surface area (Å²) < 4.78 is 0. The fraction of sp³-hybridized carbons (Fsp3) is 0.833. The quantitative estimate of drug-likeness (QED) is 0.695. The highest BCUT2D eigenvalue weighted by Crippen LogP contribution is 2.32. The van der Waals surface area contributed by atoms with Gasteiger partial charge in [-0.25, -0.2) is 0 Å². The Hall–Kier alpha value is -0.660. The summed E-state index contributed by atoms with van der Waals surface area (Å²) in [6.07, 6.45) is 3.45. The van der Waals surface area contributed by atoms with Crippen molar-refractivity contribution in [1.82, 2.24) is 0 Å². The molecule has 2 unspecified atom stereocenters. The second kappa shape index (κ2) is 4.72. The number of Topliss-reactive ketones (excluding diaryl/α,β-unsaturated/α-hetero) is 2. The molecule has 0 bridgehead atoms. The molecule has 14 heavy (non-hydrogen) atoms. The van der Waals surface area contributed by atoms with Gasteiger partial charge in [0.1, 0.15) is 11.6 Å². The van der Waals surface area contributed by atoms with E-state index >= 15 is 0 Å². The van der Waals surface area contributed by atoms with E-state index in [1.165, 1.54) is 0 Å². The number of hydrogen-bond acceptors (Lipinski definition) is 2. The van der Waals surface area contributed by atoms with Gasteiger partial charge >= 0.3 is 0 Å². The van der Waals surface area contributed by atoms with Crippen LogP contribution in [0.2, 0.25) is 0 Å². The minimum absolute atomic E-state index is 0.157. The van der Waals surface area contributed by atoms with Gasteiger partial charge in [-0.3, -0.25) is 4.79 Å². The van der Waals surface area contributed by atoms with Crippen LogP contribution in [0.25, 0.3) is 0 Å². The second-order valence-electron chi connectivity index (χ2n) is 4.68. The maximum Gasteiger partial charge on any atom is 0.139 e. The van der Waals surface area contributed by atoms with E-state index in [9.17, 15) is 9.59 Å². The van der Waals surface area contributed by atoms with Gasteiger partial charge in [-0.2, -0.15) is 0 Å². The van der Waals surface area contributed by atoms with Crippen LogP contribution in [0.3, 0.4) is 0 Å². The lowest BCUT2D eigenvalue weighted by atomic mass is 9.73. The smallest absolute Gasteiger partial charge is 0.139 e. The molecule has 2 heteroatoms. The normalized spacial score (nSPS) is 33.1. The molecule has 0 radical (unpaired) electrons. The van der Waals surface area contributed by atoms with Crippen LogP contribution in [0.5, 0.6) is 0 Å². The summed E-state index contributed by atoms with van der Waals surface area (Å²) in [4.78, 5) is 22.7. The maximum absolute atomic E-state index is 11.8. The van der Waals surface area contributed by atoms with Gasteiger partial charge in [-0.15, -0.1) is 0 Å². The summed E-state index contributed by atoms with van der Waals surface area (Å²) in [6, 6.07) is 0. The molecule has 1 rings (SSSR count). The minimum atomic E-state index is 0.157. The lowest BCUT2D eigenvalue weighted by molar-refractivity contribution is -0.131. The molecule has 0 aliphatic heterocycles. The maximum atomic E-state index is 11.8. The zero-order valence-electron chi connectivity index (χ0n) is 9.38. The standard InChI is InChI=1S/C12H20O2/c1-8-4-6-11(7-5-9(2)13)12(14)10(8)3/h8,10-11H,4-7H2,1-3H3/t8-,10?,11?/m1/s1. The van der Waals surface area contributed by atoms with E-state index < -0.39 is 0 Å². The first kappa shape index (κ1) is 11.4. The van der Waals surface area contributed by atoms with Crippen LogP contribution in [0, 0.1) is 17.8 Å². The van der Waals surface area contributed by atoms with Crippen molar-refractivity contribution in [1.29, 1.82) is 0 Å². The van der Waals surface area contributed by atoms with Crippen molar-refractivity contribution < 1.29 is 9.59 Å². The molecule has 2 nitrogen and oxygen atoms in total. The molecule has 1 saturated carbocycles. The molecule has 3 atom stereocenters. The molecule has 0 spiro atoms. The van der Waals surface area contributed by atoms with E-state index in [1.807, 2.05) is 6.92 Å². The largest absolute Gasteiger partial charge is 0.300 e. The van der Waals surface area contributed by atoms with E-state index in [0.29, 0.717) is 18.1 Å². The Morgan fingerprint density at radius 1 is 1.36 bits per heavy atom. The Kier molecular flexibility index (Phi) is 3.85. The number of hydrogen-bond donors (Lipinski definition) is 0. The lowest BCUT2D eigenvalue weighted by Crippen LogP contribution is -2.32. The highest BCUT2D eigenvalue weighted by atomic mass is 16.1. The molecule has 1 fully saturated rings. The number of carbonyl (C=O) groups is 2. The first-order chi connectivity index (χ1) is 6.52. The Bertz CT molecular complexity index is 232. The second-order valence-corrected chi connectivity index (χ2v) is 4.68. The minimum Gasteiger partial charge on any atom is -0.300 e. The average Bonchev–Trinajstić information content (AvgIpc) is 2.13. The lowest BCUT2D eigenvalue weighted by Gasteiger charge is -2.30. The van der Waals surface area contributed by atoms with E-state index in [4.69, 9.17) is 0 Å². The van der Waals surface area contributed by atoms with Crippen LogP contribution in [0.15, 0.2) is 0 Å². The van der Waals surface area contributed by atoms with Crippen molar-refractivity contribution >= 4 is 11.6 Å². The van der Waals surface area contributed by atoms with Crippen LogP contribution >= 0.6 is 0 Å². The predicted octanol–water partition coefficient (Wildman–Crippen LogP) is 2.61. The molecular formula is C12H20O2. The summed E-state index contributed by atoms with van der Waals surface area (Å²) in [5.41, 5.74) is 0. The Morgan fingerprint density at radius 3 is 2.57 bits per heavy atom. The van der Waals surface area contributed by atoms with Gasteiger partial charge in [0.15, 0.2) is 0 Å². The van der Waals surface area contributed by atoms with Crippen LogP contribution in [0.4, 0.5) is 0 Å². The van der Waals surface area contributed by atoms with Crippen molar-refractivity contribution in [3.05, 3.63) is 0 Å². The van der Waals surface area contributed by atoms with Gasteiger partial charge in [0.25, 0.3) is 0 Å². The molecule has 0 amide bonds. The molecule has 1 aliphatic carbocycles. The molecule has 0 aromatic heterocycles. The van der Waals surface area contributed by atoms with Crippen LogP contribution < -0.4 is 0 Å². The molecule has 80 valence electrons. The van der Waals surface area contributed by atoms with E-state index in [1.54, 1.807) is 6.92 Å².